The summed E-state index contributed by atoms with van der Waals surface area (Å²) in [6.45, 7) is 9.84. The summed E-state index contributed by atoms with van der Waals surface area (Å²) in [7, 11) is 6.22. The highest BCUT2D eigenvalue weighted by Crippen LogP contribution is 2.24. The first-order valence-corrected chi connectivity index (χ1v) is 10.4. The van der Waals surface area contributed by atoms with Crippen LogP contribution in [0.15, 0.2) is 48.9 Å². The monoisotopic (exact) mass is 392 g/mol. The minimum absolute atomic E-state index is 0. The van der Waals surface area contributed by atoms with Gasteiger partial charge in [-0.25, -0.2) is 4.98 Å². The Kier molecular flexibility index (Phi) is 6.43. The highest BCUT2D eigenvalue weighted by molar-refractivity contribution is 5.83. The van der Waals surface area contributed by atoms with Gasteiger partial charge in [0.25, 0.3) is 0 Å². The maximum absolute atomic E-state index is 4.32. The van der Waals surface area contributed by atoms with Crippen LogP contribution in [0.3, 0.4) is 0 Å². The van der Waals surface area contributed by atoms with Crippen LogP contribution in [0.1, 0.15) is 57.6 Å². The number of benzene rings is 2. The van der Waals surface area contributed by atoms with Crippen LogP contribution in [-0.2, 0) is 13.6 Å². The summed E-state index contributed by atoms with van der Waals surface area (Å²) in [6.07, 6.45) is 3.98. The van der Waals surface area contributed by atoms with Crippen molar-refractivity contribution in [2.45, 2.75) is 46.1 Å². The molecule has 4 aromatic rings. The quantitative estimate of drug-likeness (QED) is 0.443. The summed E-state index contributed by atoms with van der Waals surface area (Å²) >= 11 is 0. The maximum atomic E-state index is 4.32. The van der Waals surface area contributed by atoms with E-state index >= 15 is 0 Å². The SMILES string of the molecule is CC(C)c1ccc2c(CN(C)C)c[nH]c2c1.CC(C)c1ccc2c(c1)ncn2C.[HH]. The van der Waals surface area contributed by atoms with Gasteiger partial charge in [-0.1, -0.05) is 45.9 Å². The van der Waals surface area contributed by atoms with Crippen LogP contribution in [0.2, 0.25) is 0 Å². The van der Waals surface area contributed by atoms with E-state index in [-0.39, 0.29) is 1.43 Å². The molecule has 4 nitrogen and oxygen atoms in total. The van der Waals surface area contributed by atoms with E-state index in [0.29, 0.717) is 11.8 Å². The maximum Gasteiger partial charge on any atom is 0.0955 e. The molecule has 0 bridgehead atoms. The first-order chi connectivity index (χ1) is 13.8. The van der Waals surface area contributed by atoms with Crippen molar-refractivity contribution in [2.75, 3.05) is 14.1 Å². The molecule has 0 radical (unpaired) electrons. The molecule has 29 heavy (non-hydrogen) atoms. The van der Waals surface area contributed by atoms with Crippen molar-refractivity contribution in [2.24, 2.45) is 7.05 Å². The molecule has 0 aliphatic carbocycles. The molecular formula is C25H36N4. The van der Waals surface area contributed by atoms with Crippen molar-refractivity contribution >= 4 is 21.9 Å². The minimum atomic E-state index is 0. The summed E-state index contributed by atoms with van der Waals surface area (Å²) in [6, 6.07) is 13.2. The number of aromatic amines is 1. The van der Waals surface area contributed by atoms with Gasteiger partial charge in [-0.2, -0.15) is 0 Å². The lowest BCUT2D eigenvalue weighted by molar-refractivity contribution is 0.404. The Bertz CT molecular complexity index is 1090. The number of rotatable bonds is 4. The molecule has 2 heterocycles. The Morgan fingerprint density at radius 1 is 1.00 bits per heavy atom. The number of fused-ring (bicyclic) bond motifs is 2. The summed E-state index contributed by atoms with van der Waals surface area (Å²) in [5.41, 5.74) is 7.66. The average Bonchev–Trinajstić information content (AvgIpc) is 3.25. The molecule has 2 aromatic carbocycles. The summed E-state index contributed by atoms with van der Waals surface area (Å²) in [5.74, 6) is 1.16. The zero-order valence-corrected chi connectivity index (χ0v) is 18.8. The normalized spacial score (nSPS) is 11.7. The lowest BCUT2D eigenvalue weighted by Gasteiger charge is -2.09. The van der Waals surface area contributed by atoms with Crippen molar-refractivity contribution < 1.29 is 1.43 Å². The van der Waals surface area contributed by atoms with Crippen LogP contribution in [0.25, 0.3) is 21.9 Å². The molecular weight excluding hydrogens is 356 g/mol. The molecule has 4 heteroatoms. The molecule has 4 rings (SSSR count). The van der Waals surface area contributed by atoms with Crippen molar-refractivity contribution in [3.05, 3.63) is 65.6 Å². The lowest BCUT2D eigenvalue weighted by Crippen LogP contribution is -2.10. The number of nitrogens with one attached hydrogen (secondary N) is 1. The summed E-state index contributed by atoms with van der Waals surface area (Å²) < 4.78 is 2.04. The van der Waals surface area contributed by atoms with Gasteiger partial charge in [0.2, 0.25) is 0 Å². The zero-order chi connectivity index (χ0) is 21.1. The van der Waals surface area contributed by atoms with Crippen LogP contribution < -0.4 is 0 Å². The Morgan fingerprint density at radius 3 is 2.31 bits per heavy atom. The number of hydrogen-bond donors (Lipinski definition) is 1. The van der Waals surface area contributed by atoms with Crippen molar-refractivity contribution in [1.29, 1.82) is 0 Å². The third-order valence-electron chi connectivity index (χ3n) is 5.36. The number of aromatic nitrogens is 3. The van der Waals surface area contributed by atoms with Gasteiger partial charge < -0.3 is 14.5 Å². The molecule has 0 unspecified atom stereocenters. The predicted octanol–water partition coefficient (Wildman–Crippen LogP) is 6.30. The van der Waals surface area contributed by atoms with E-state index in [4.69, 9.17) is 0 Å². The Hall–Kier alpha value is -2.59. The molecule has 0 fully saturated rings. The third kappa shape index (κ3) is 4.88. The second-order valence-corrected chi connectivity index (χ2v) is 8.77. The number of imidazole rings is 1. The van der Waals surface area contributed by atoms with Gasteiger partial charge in [-0.3, -0.25) is 0 Å². The molecule has 2 aromatic heterocycles. The van der Waals surface area contributed by atoms with Crippen LogP contribution in [0, 0.1) is 0 Å². The molecule has 1 N–H and O–H groups in total. The van der Waals surface area contributed by atoms with Crippen molar-refractivity contribution in [1.82, 2.24) is 19.4 Å². The number of aryl methyl sites for hydroxylation is 1. The topological polar surface area (TPSA) is 36.9 Å². The van der Waals surface area contributed by atoms with Gasteiger partial charge in [0.05, 0.1) is 17.4 Å². The van der Waals surface area contributed by atoms with Gasteiger partial charge >= 0.3 is 0 Å². The summed E-state index contributed by atoms with van der Waals surface area (Å²) in [4.78, 5) is 9.88. The summed E-state index contributed by atoms with van der Waals surface area (Å²) in [5, 5.41) is 1.35. The average molecular weight is 393 g/mol. The predicted molar refractivity (Wildman–Crippen MR) is 127 cm³/mol. The molecule has 0 aliphatic rings. The highest BCUT2D eigenvalue weighted by atomic mass is 15.1. The van der Waals surface area contributed by atoms with Gasteiger partial charge in [0.1, 0.15) is 0 Å². The molecule has 0 saturated heterocycles. The van der Waals surface area contributed by atoms with E-state index in [0.717, 1.165) is 12.1 Å². The van der Waals surface area contributed by atoms with E-state index in [2.05, 4.69) is 99.3 Å². The fraction of sp³-hybridized carbons (Fsp3) is 0.400. The molecule has 0 atom stereocenters. The van der Waals surface area contributed by atoms with Gasteiger partial charge in [-0.05, 0) is 60.8 Å². The van der Waals surface area contributed by atoms with Crippen LogP contribution in [0.4, 0.5) is 0 Å². The molecule has 156 valence electrons. The fourth-order valence-electron chi connectivity index (χ4n) is 3.55. The van der Waals surface area contributed by atoms with Crippen LogP contribution >= 0.6 is 0 Å². The number of nitrogens with zero attached hydrogens (tertiary/aromatic N) is 3. The van der Waals surface area contributed by atoms with E-state index in [1.165, 1.54) is 33.1 Å². The van der Waals surface area contributed by atoms with Gasteiger partial charge in [0, 0.05) is 32.1 Å². The minimum Gasteiger partial charge on any atom is -0.361 e. The fourth-order valence-corrected chi connectivity index (χ4v) is 3.55. The van der Waals surface area contributed by atoms with E-state index in [1.807, 2.05) is 17.9 Å². The van der Waals surface area contributed by atoms with Crippen molar-refractivity contribution in [3.63, 3.8) is 0 Å². The Balaban J connectivity index is 0.000000211. The Labute approximate surface area is 176 Å². The second-order valence-electron chi connectivity index (χ2n) is 8.77. The van der Waals surface area contributed by atoms with Crippen LogP contribution in [-0.4, -0.2) is 33.5 Å². The van der Waals surface area contributed by atoms with E-state index < -0.39 is 0 Å². The van der Waals surface area contributed by atoms with Crippen molar-refractivity contribution in [3.8, 4) is 0 Å². The third-order valence-corrected chi connectivity index (χ3v) is 5.36. The van der Waals surface area contributed by atoms with E-state index in [9.17, 15) is 0 Å². The molecule has 0 spiro atoms. The van der Waals surface area contributed by atoms with Gasteiger partial charge in [-0.15, -0.1) is 0 Å². The Morgan fingerprint density at radius 2 is 1.66 bits per heavy atom. The first-order valence-electron chi connectivity index (χ1n) is 10.4. The molecule has 0 saturated carbocycles. The number of hydrogen-bond acceptors (Lipinski definition) is 2. The molecule has 0 amide bonds. The first kappa shape index (κ1) is 21.1. The van der Waals surface area contributed by atoms with Crippen LogP contribution in [0.5, 0.6) is 0 Å². The largest absolute Gasteiger partial charge is 0.361 e. The second kappa shape index (κ2) is 8.83. The zero-order valence-electron chi connectivity index (χ0n) is 18.8. The van der Waals surface area contributed by atoms with Gasteiger partial charge in [0.15, 0.2) is 0 Å². The van der Waals surface area contributed by atoms with E-state index in [1.54, 1.807) is 0 Å². The smallest absolute Gasteiger partial charge is 0.0955 e. The number of H-pyrrole nitrogens is 1. The molecule has 0 aliphatic heterocycles. The standard InChI is InChI=1S/C14H20N2.C11H14N2.H2/c1-10(2)11-5-6-13-12(9-16(3)4)8-15-14(13)7-11;1-8(2)9-4-5-11-10(6-9)12-7-13(11)3;/h5-8,10,15H,9H2,1-4H3;4-8H,1-3H3;1H. The lowest BCUT2D eigenvalue weighted by atomic mass is 10.0. The highest BCUT2D eigenvalue weighted by Gasteiger charge is 2.07.